The maximum Gasteiger partial charge on any atom is 0.431 e. The smallest absolute Gasteiger partial charge is 0.431 e. The Labute approximate surface area is 113 Å². The number of hydrogen-bond acceptors (Lipinski definition) is 4. The summed E-state index contributed by atoms with van der Waals surface area (Å²) in [5.41, 5.74) is 0.791. The quantitative estimate of drug-likeness (QED) is 0.769. The van der Waals surface area contributed by atoms with Crippen molar-refractivity contribution in [3.63, 3.8) is 0 Å². The molecular weight excluding hydrogens is 250 g/mol. The first kappa shape index (κ1) is 15.8. The monoisotopic (exact) mass is 273 g/mol. The van der Waals surface area contributed by atoms with Gasteiger partial charge >= 0.3 is 12.1 Å². The molecule has 0 aromatic carbocycles. The fourth-order valence-electron chi connectivity index (χ4n) is 2.36. The second kappa shape index (κ2) is 5.77. The molecule has 0 aromatic rings. The Morgan fingerprint density at radius 2 is 2.05 bits per heavy atom. The van der Waals surface area contributed by atoms with Crippen molar-refractivity contribution in [2.45, 2.75) is 64.6 Å². The van der Waals surface area contributed by atoms with Crippen LogP contribution in [-0.4, -0.2) is 28.4 Å². The topological polar surface area (TPSA) is 84.9 Å². The Kier molecular flexibility index (Phi) is 4.79. The van der Waals surface area contributed by atoms with E-state index >= 15 is 0 Å². The van der Waals surface area contributed by atoms with E-state index < -0.39 is 23.3 Å². The molecule has 0 aliphatic heterocycles. The van der Waals surface area contributed by atoms with E-state index in [-0.39, 0.29) is 6.42 Å². The van der Waals surface area contributed by atoms with Gasteiger partial charge in [0.1, 0.15) is 11.2 Å². The predicted octanol–water partition coefficient (Wildman–Crippen LogP) is 2.48. The van der Waals surface area contributed by atoms with Crippen molar-refractivity contribution in [2.75, 3.05) is 0 Å². The van der Waals surface area contributed by atoms with Gasteiger partial charge in [-0.15, -0.1) is 0 Å². The van der Waals surface area contributed by atoms with E-state index in [1.54, 1.807) is 20.8 Å². The van der Waals surface area contributed by atoms with Gasteiger partial charge in [-0.25, -0.2) is 4.79 Å². The Hall–Kier alpha value is -1.30. The fraction of sp³-hybridized carbons (Fsp3) is 0.846. The Morgan fingerprint density at radius 3 is 2.47 bits per heavy atom. The lowest BCUT2D eigenvalue weighted by Gasteiger charge is -2.28. The highest BCUT2D eigenvalue weighted by Gasteiger charge is 2.42. The summed E-state index contributed by atoms with van der Waals surface area (Å²) in [5.74, 6) is -0.542. The molecule has 2 N–H and O–H groups in total. The number of carbonyl (C=O) groups is 2. The third kappa shape index (κ3) is 5.46. The zero-order valence-electron chi connectivity index (χ0n) is 12.0. The third-order valence-electron chi connectivity index (χ3n) is 3.04. The number of carboxylic acid groups (broad SMARTS) is 1. The van der Waals surface area contributed by atoms with Crippen LogP contribution in [0.1, 0.15) is 53.4 Å². The maximum absolute atomic E-state index is 11.5. The molecule has 1 aliphatic carbocycles. The van der Waals surface area contributed by atoms with E-state index in [0.717, 1.165) is 6.42 Å². The van der Waals surface area contributed by atoms with Gasteiger partial charge in [0.05, 0.1) is 6.42 Å². The van der Waals surface area contributed by atoms with E-state index in [4.69, 9.17) is 14.7 Å². The molecule has 0 radical (unpaired) electrons. The third-order valence-corrected chi connectivity index (χ3v) is 3.04. The summed E-state index contributed by atoms with van der Waals surface area (Å²) in [7, 11) is 0. The Morgan fingerprint density at radius 1 is 1.42 bits per heavy atom. The predicted molar refractivity (Wildman–Crippen MR) is 68.5 cm³/mol. The number of carbonyl (C=O) groups excluding carboxylic acids is 1. The second-order valence-electron chi connectivity index (χ2n) is 6.31. The average Bonchev–Trinajstić information content (AvgIpc) is 2.54. The summed E-state index contributed by atoms with van der Waals surface area (Å²) in [6.45, 7) is 7.28. The van der Waals surface area contributed by atoms with Crippen LogP contribution >= 0.6 is 0 Å². The van der Waals surface area contributed by atoms with E-state index in [2.05, 4.69) is 5.48 Å². The molecule has 1 rings (SSSR count). The summed E-state index contributed by atoms with van der Waals surface area (Å²) in [5, 5.41) is 8.95. The van der Waals surface area contributed by atoms with E-state index in [1.807, 2.05) is 6.92 Å². The van der Waals surface area contributed by atoms with Crippen LogP contribution < -0.4 is 5.48 Å². The van der Waals surface area contributed by atoms with Crippen molar-refractivity contribution in [1.29, 1.82) is 0 Å². The molecule has 1 saturated carbocycles. The van der Waals surface area contributed by atoms with Gasteiger partial charge < -0.3 is 9.84 Å². The van der Waals surface area contributed by atoms with Gasteiger partial charge in [-0.2, -0.15) is 5.48 Å². The lowest BCUT2D eigenvalue weighted by Crippen LogP contribution is -2.42. The van der Waals surface area contributed by atoms with Crippen LogP contribution in [0.2, 0.25) is 0 Å². The van der Waals surface area contributed by atoms with Crippen molar-refractivity contribution in [3.8, 4) is 0 Å². The molecule has 0 aromatic heterocycles. The number of rotatable bonds is 4. The lowest BCUT2D eigenvalue weighted by atomic mass is 9.97. The maximum atomic E-state index is 11.5. The highest BCUT2D eigenvalue weighted by atomic mass is 16.7. The van der Waals surface area contributed by atoms with E-state index in [1.165, 1.54) is 0 Å². The normalized spacial score (nSPS) is 27.1. The standard InChI is InChI=1S/C13H23NO5/c1-9-5-6-13(7-9,8-10(15)16)19-14-11(17)18-12(2,3)4/h9H,5-8H2,1-4H3,(H,14,17)(H,15,16). The molecule has 0 heterocycles. The number of ether oxygens (including phenoxy) is 1. The van der Waals surface area contributed by atoms with Gasteiger partial charge in [0, 0.05) is 0 Å². The van der Waals surface area contributed by atoms with Gasteiger partial charge in [-0.3, -0.25) is 9.63 Å². The van der Waals surface area contributed by atoms with Gasteiger partial charge in [0.25, 0.3) is 0 Å². The van der Waals surface area contributed by atoms with Crippen molar-refractivity contribution < 1.29 is 24.3 Å². The largest absolute Gasteiger partial charge is 0.481 e. The first-order valence-electron chi connectivity index (χ1n) is 6.51. The minimum Gasteiger partial charge on any atom is -0.481 e. The van der Waals surface area contributed by atoms with Crippen LogP contribution in [-0.2, 0) is 14.4 Å². The van der Waals surface area contributed by atoms with Crippen LogP contribution in [0.5, 0.6) is 0 Å². The minimum absolute atomic E-state index is 0.118. The first-order chi connectivity index (χ1) is 8.62. The van der Waals surface area contributed by atoms with E-state index in [9.17, 15) is 9.59 Å². The number of hydrogen-bond donors (Lipinski definition) is 2. The second-order valence-corrected chi connectivity index (χ2v) is 6.31. The highest BCUT2D eigenvalue weighted by Crippen LogP contribution is 2.39. The SMILES string of the molecule is CC1CCC(CC(=O)O)(ONC(=O)OC(C)(C)C)C1. The zero-order valence-corrected chi connectivity index (χ0v) is 12.0. The van der Waals surface area contributed by atoms with Crippen LogP contribution in [0.15, 0.2) is 0 Å². The molecule has 0 spiro atoms. The molecular formula is C13H23NO5. The van der Waals surface area contributed by atoms with Crippen molar-refractivity contribution in [2.24, 2.45) is 5.92 Å². The molecule has 6 nitrogen and oxygen atoms in total. The summed E-state index contributed by atoms with van der Waals surface area (Å²) in [6.07, 6.45) is 1.32. The molecule has 0 bridgehead atoms. The van der Waals surface area contributed by atoms with Crippen LogP contribution in [0.3, 0.4) is 0 Å². The average molecular weight is 273 g/mol. The van der Waals surface area contributed by atoms with Gasteiger partial charge in [-0.1, -0.05) is 6.92 Å². The number of hydroxylamine groups is 1. The number of nitrogens with one attached hydrogen (secondary N) is 1. The Bertz CT molecular complexity index is 349. The molecule has 1 aliphatic rings. The van der Waals surface area contributed by atoms with Crippen LogP contribution in [0.25, 0.3) is 0 Å². The van der Waals surface area contributed by atoms with Gasteiger partial charge in [-0.05, 0) is 46.0 Å². The van der Waals surface area contributed by atoms with Crippen LogP contribution in [0.4, 0.5) is 4.79 Å². The van der Waals surface area contributed by atoms with Gasteiger partial charge in [0.15, 0.2) is 0 Å². The van der Waals surface area contributed by atoms with E-state index in [0.29, 0.717) is 18.8 Å². The van der Waals surface area contributed by atoms with Crippen molar-refractivity contribution >= 4 is 12.1 Å². The summed E-state index contributed by atoms with van der Waals surface area (Å²) in [6, 6.07) is 0. The summed E-state index contributed by atoms with van der Waals surface area (Å²) >= 11 is 0. The molecule has 0 saturated heterocycles. The molecule has 1 amide bonds. The highest BCUT2D eigenvalue weighted by molar-refractivity contribution is 5.69. The van der Waals surface area contributed by atoms with Crippen LogP contribution in [0, 0.1) is 5.92 Å². The summed E-state index contributed by atoms with van der Waals surface area (Å²) in [4.78, 5) is 27.8. The number of carboxylic acids is 1. The minimum atomic E-state index is -0.930. The van der Waals surface area contributed by atoms with Crippen molar-refractivity contribution in [1.82, 2.24) is 5.48 Å². The van der Waals surface area contributed by atoms with Gasteiger partial charge in [0.2, 0.25) is 0 Å². The molecule has 110 valence electrons. The summed E-state index contributed by atoms with van der Waals surface area (Å²) < 4.78 is 5.05. The lowest BCUT2D eigenvalue weighted by molar-refractivity contribution is -0.152. The molecule has 6 heteroatoms. The number of amides is 1. The molecule has 2 atom stereocenters. The molecule has 19 heavy (non-hydrogen) atoms. The van der Waals surface area contributed by atoms with Crippen molar-refractivity contribution in [3.05, 3.63) is 0 Å². The first-order valence-corrected chi connectivity index (χ1v) is 6.51. The fourth-order valence-corrected chi connectivity index (χ4v) is 2.36. The zero-order chi connectivity index (χ0) is 14.7. The Balaban J connectivity index is 2.55. The molecule has 2 unspecified atom stereocenters. The number of aliphatic carboxylic acids is 1. The molecule has 1 fully saturated rings.